The Bertz CT molecular complexity index is 1550. The van der Waals surface area contributed by atoms with Gasteiger partial charge in [0.2, 0.25) is 0 Å². The van der Waals surface area contributed by atoms with Crippen LogP contribution in [0.5, 0.6) is 11.5 Å². The summed E-state index contributed by atoms with van der Waals surface area (Å²) in [6.07, 6.45) is 2.63. The molecule has 0 radical (unpaired) electrons. The number of amides is 1. The Morgan fingerprint density at radius 1 is 0.971 bits per heavy atom. The first kappa shape index (κ1) is 22.3. The summed E-state index contributed by atoms with van der Waals surface area (Å²) in [5, 5.41) is 4.78. The summed E-state index contributed by atoms with van der Waals surface area (Å²) < 4.78 is 16.3. The summed E-state index contributed by atoms with van der Waals surface area (Å²) in [6, 6.07) is 22.2. The summed E-state index contributed by atoms with van der Waals surface area (Å²) in [5.41, 5.74) is 3.78. The first-order chi connectivity index (χ1) is 17.1. The van der Waals surface area contributed by atoms with Crippen LogP contribution in [0.15, 0.2) is 88.2 Å². The van der Waals surface area contributed by atoms with Crippen molar-refractivity contribution in [3.05, 3.63) is 95.0 Å². The van der Waals surface area contributed by atoms with Crippen molar-refractivity contribution in [3.8, 4) is 22.6 Å². The highest BCUT2D eigenvalue weighted by molar-refractivity contribution is 5.93. The molecule has 1 amide bonds. The van der Waals surface area contributed by atoms with Crippen LogP contribution in [0.3, 0.4) is 0 Å². The van der Waals surface area contributed by atoms with Gasteiger partial charge in [0, 0.05) is 47.2 Å². The molecular formula is C28H24N2O5. The molecule has 2 heterocycles. The second-order valence-corrected chi connectivity index (χ2v) is 8.12. The summed E-state index contributed by atoms with van der Waals surface area (Å²) in [4.78, 5) is 27.7. The van der Waals surface area contributed by atoms with Gasteiger partial charge >= 0.3 is 5.63 Å². The predicted molar refractivity (Wildman–Crippen MR) is 135 cm³/mol. The predicted octanol–water partition coefficient (Wildman–Crippen LogP) is 4.69. The van der Waals surface area contributed by atoms with Gasteiger partial charge in [0.05, 0.1) is 7.11 Å². The van der Waals surface area contributed by atoms with Crippen LogP contribution in [0.2, 0.25) is 0 Å². The third-order valence-electron chi connectivity index (χ3n) is 5.86. The first-order valence-corrected chi connectivity index (χ1v) is 11.3. The maximum atomic E-state index is 12.3. The van der Waals surface area contributed by atoms with E-state index in [0.29, 0.717) is 24.3 Å². The molecule has 2 N–H and O–H groups in total. The molecule has 2 aromatic heterocycles. The monoisotopic (exact) mass is 468 g/mol. The quantitative estimate of drug-likeness (QED) is 0.322. The number of rotatable bonds is 8. The lowest BCUT2D eigenvalue weighted by Gasteiger charge is -2.10. The molecule has 7 heteroatoms. The summed E-state index contributed by atoms with van der Waals surface area (Å²) >= 11 is 0. The Kier molecular flexibility index (Phi) is 6.22. The molecule has 0 atom stereocenters. The minimum atomic E-state index is -0.443. The van der Waals surface area contributed by atoms with Crippen molar-refractivity contribution < 1.29 is 18.7 Å². The molecular weight excluding hydrogens is 444 g/mol. The first-order valence-electron chi connectivity index (χ1n) is 11.3. The van der Waals surface area contributed by atoms with E-state index in [1.165, 1.54) is 6.07 Å². The molecule has 0 spiro atoms. The normalized spacial score (nSPS) is 11.0. The number of ether oxygens (including phenoxy) is 2. The lowest BCUT2D eigenvalue weighted by Crippen LogP contribution is -2.30. The number of methoxy groups -OCH3 is 1. The minimum Gasteiger partial charge on any atom is -0.497 e. The zero-order chi connectivity index (χ0) is 24.2. The van der Waals surface area contributed by atoms with Crippen LogP contribution in [-0.2, 0) is 11.2 Å². The van der Waals surface area contributed by atoms with Crippen molar-refractivity contribution in [2.75, 3.05) is 20.3 Å². The highest BCUT2D eigenvalue weighted by Gasteiger charge is 2.11. The van der Waals surface area contributed by atoms with Gasteiger partial charge in [0.1, 0.15) is 17.1 Å². The molecule has 0 aliphatic heterocycles. The zero-order valence-corrected chi connectivity index (χ0v) is 19.2. The molecule has 0 bridgehead atoms. The number of hydrogen-bond acceptors (Lipinski definition) is 5. The summed E-state index contributed by atoms with van der Waals surface area (Å²) in [7, 11) is 1.64. The Hall–Kier alpha value is -4.52. The van der Waals surface area contributed by atoms with Crippen molar-refractivity contribution in [3.63, 3.8) is 0 Å². The molecule has 35 heavy (non-hydrogen) atoms. The van der Waals surface area contributed by atoms with Crippen molar-refractivity contribution in [2.45, 2.75) is 6.42 Å². The van der Waals surface area contributed by atoms with Crippen molar-refractivity contribution in [1.82, 2.24) is 10.3 Å². The molecule has 176 valence electrons. The Morgan fingerprint density at radius 2 is 1.77 bits per heavy atom. The number of benzene rings is 3. The number of fused-ring (bicyclic) bond motifs is 2. The number of aromatic nitrogens is 1. The third kappa shape index (κ3) is 4.89. The van der Waals surface area contributed by atoms with Gasteiger partial charge in [-0.05, 0) is 47.4 Å². The highest BCUT2D eigenvalue weighted by Crippen LogP contribution is 2.29. The van der Waals surface area contributed by atoms with E-state index in [1.54, 1.807) is 19.2 Å². The van der Waals surface area contributed by atoms with Crippen molar-refractivity contribution in [1.29, 1.82) is 0 Å². The molecule has 3 aromatic carbocycles. The lowest BCUT2D eigenvalue weighted by molar-refractivity contribution is -0.123. The summed E-state index contributed by atoms with van der Waals surface area (Å²) in [5.74, 6) is 1.01. The number of carbonyl (C=O) groups is 1. The fraction of sp³-hybridized carbons (Fsp3) is 0.143. The third-order valence-corrected chi connectivity index (χ3v) is 5.86. The summed E-state index contributed by atoms with van der Waals surface area (Å²) in [6.45, 7) is 0.341. The average molecular weight is 469 g/mol. The maximum Gasteiger partial charge on any atom is 0.336 e. The molecule has 0 fully saturated rings. The van der Waals surface area contributed by atoms with Gasteiger partial charge in [0.15, 0.2) is 6.61 Å². The van der Waals surface area contributed by atoms with E-state index in [2.05, 4.69) is 10.3 Å². The molecule has 7 nitrogen and oxygen atoms in total. The highest BCUT2D eigenvalue weighted by atomic mass is 16.5. The van der Waals surface area contributed by atoms with Crippen molar-refractivity contribution in [2.24, 2.45) is 0 Å². The number of carbonyl (C=O) groups excluding carboxylic acids is 1. The Balaban J connectivity index is 1.20. The van der Waals surface area contributed by atoms with E-state index >= 15 is 0 Å². The SMILES string of the molecule is COc1ccc2c(CCNC(=O)COc3ccc4c(-c5ccccc5)cc(=O)oc4c3)c[nH]c2c1. The van der Waals surface area contributed by atoms with Gasteiger partial charge in [-0.2, -0.15) is 0 Å². The van der Waals surface area contributed by atoms with Gasteiger partial charge in [0.25, 0.3) is 5.91 Å². The maximum absolute atomic E-state index is 12.3. The van der Waals surface area contributed by atoms with Crippen LogP contribution < -0.4 is 20.4 Å². The van der Waals surface area contributed by atoms with Crippen LogP contribution in [0.25, 0.3) is 33.0 Å². The Labute approximate surface area is 201 Å². The smallest absolute Gasteiger partial charge is 0.336 e. The van der Waals surface area contributed by atoms with Gasteiger partial charge in [-0.25, -0.2) is 4.79 Å². The van der Waals surface area contributed by atoms with Crippen LogP contribution in [0.4, 0.5) is 0 Å². The minimum absolute atomic E-state index is 0.140. The van der Waals surface area contributed by atoms with E-state index in [1.807, 2.05) is 60.8 Å². The zero-order valence-electron chi connectivity index (χ0n) is 19.2. The number of hydrogen-bond donors (Lipinski definition) is 2. The molecule has 0 saturated carbocycles. The van der Waals surface area contributed by atoms with E-state index in [4.69, 9.17) is 13.9 Å². The Morgan fingerprint density at radius 3 is 2.60 bits per heavy atom. The molecule has 0 aliphatic rings. The molecule has 5 aromatic rings. The molecule has 0 aliphatic carbocycles. The van der Waals surface area contributed by atoms with E-state index in [0.717, 1.165) is 38.7 Å². The van der Waals surface area contributed by atoms with Gasteiger partial charge in [-0.1, -0.05) is 30.3 Å². The fourth-order valence-electron chi connectivity index (χ4n) is 4.13. The molecule has 0 saturated heterocycles. The van der Waals surface area contributed by atoms with E-state index in [-0.39, 0.29) is 12.5 Å². The second-order valence-electron chi connectivity index (χ2n) is 8.12. The number of H-pyrrole nitrogens is 1. The average Bonchev–Trinajstić information content (AvgIpc) is 3.29. The van der Waals surface area contributed by atoms with E-state index < -0.39 is 5.63 Å². The van der Waals surface area contributed by atoms with Crippen molar-refractivity contribution >= 4 is 27.8 Å². The lowest BCUT2D eigenvalue weighted by atomic mass is 10.0. The van der Waals surface area contributed by atoms with Crippen LogP contribution in [-0.4, -0.2) is 31.2 Å². The van der Waals surface area contributed by atoms with Gasteiger partial charge in [-0.3, -0.25) is 4.79 Å². The van der Waals surface area contributed by atoms with Gasteiger partial charge < -0.3 is 24.2 Å². The standard InChI is InChI=1S/C28H24N2O5/c1-33-20-7-9-22-19(16-30-25(22)13-20)11-12-29-27(31)17-34-21-8-10-23-24(18-5-3-2-4-6-18)15-28(32)35-26(23)14-21/h2-10,13-16,30H,11-12,17H2,1H3,(H,29,31). The number of aromatic amines is 1. The van der Waals surface area contributed by atoms with Gasteiger partial charge in [-0.15, -0.1) is 0 Å². The van der Waals surface area contributed by atoms with Crippen LogP contribution in [0.1, 0.15) is 5.56 Å². The van der Waals surface area contributed by atoms with E-state index in [9.17, 15) is 9.59 Å². The fourth-order valence-corrected chi connectivity index (χ4v) is 4.13. The topological polar surface area (TPSA) is 93.6 Å². The van der Waals surface area contributed by atoms with Crippen LogP contribution in [0, 0.1) is 0 Å². The molecule has 0 unspecified atom stereocenters. The molecule has 5 rings (SSSR count). The number of nitrogens with one attached hydrogen (secondary N) is 2. The largest absolute Gasteiger partial charge is 0.497 e. The van der Waals surface area contributed by atoms with Crippen LogP contribution >= 0.6 is 0 Å². The second kappa shape index (κ2) is 9.77.